The van der Waals surface area contributed by atoms with Gasteiger partial charge in [-0.15, -0.1) is 0 Å². The van der Waals surface area contributed by atoms with Crippen molar-refractivity contribution in [2.24, 2.45) is 0 Å². The summed E-state index contributed by atoms with van der Waals surface area (Å²) in [5, 5.41) is 3.12. The van der Waals surface area contributed by atoms with Gasteiger partial charge in [0.1, 0.15) is 6.04 Å². The number of carbonyl (C=O) groups excluding carboxylic acids is 1. The second-order valence-corrected chi connectivity index (χ2v) is 4.97. The van der Waals surface area contributed by atoms with Crippen LogP contribution in [0.25, 0.3) is 0 Å². The number of anilines is 1. The zero-order valence-electron chi connectivity index (χ0n) is 12.1. The summed E-state index contributed by atoms with van der Waals surface area (Å²) < 4.78 is 10.0. The highest BCUT2D eigenvalue weighted by atomic mass is 16.5. The van der Waals surface area contributed by atoms with Gasteiger partial charge in [-0.2, -0.15) is 0 Å². The highest BCUT2D eigenvalue weighted by Crippen LogP contribution is 2.13. The molecule has 1 heterocycles. The Labute approximate surface area is 119 Å². The van der Waals surface area contributed by atoms with E-state index >= 15 is 0 Å². The van der Waals surface area contributed by atoms with Gasteiger partial charge in [-0.3, -0.25) is 4.90 Å². The number of morpholine rings is 1. The van der Waals surface area contributed by atoms with Gasteiger partial charge in [0.15, 0.2) is 0 Å². The fraction of sp³-hybridized carbons (Fsp3) is 0.533. The highest BCUT2D eigenvalue weighted by molar-refractivity contribution is 5.78. The SMILES string of the molecule is COC(=O)C(C)Nc1ccc(CN2CCOCC2)cc1. The number of benzene rings is 1. The van der Waals surface area contributed by atoms with Gasteiger partial charge in [0.05, 0.1) is 20.3 Å². The summed E-state index contributed by atoms with van der Waals surface area (Å²) in [4.78, 5) is 13.7. The molecule has 2 rings (SSSR count). The molecule has 1 fully saturated rings. The average molecular weight is 278 g/mol. The molecule has 0 saturated carbocycles. The molecule has 0 radical (unpaired) electrons. The number of nitrogens with one attached hydrogen (secondary N) is 1. The fourth-order valence-corrected chi connectivity index (χ4v) is 2.21. The lowest BCUT2D eigenvalue weighted by atomic mass is 10.1. The van der Waals surface area contributed by atoms with Crippen molar-refractivity contribution in [1.29, 1.82) is 0 Å². The lowest BCUT2D eigenvalue weighted by Gasteiger charge is -2.26. The van der Waals surface area contributed by atoms with Crippen LogP contribution in [0.15, 0.2) is 24.3 Å². The Balaban J connectivity index is 1.87. The van der Waals surface area contributed by atoms with Crippen LogP contribution >= 0.6 is 0 Å². The third-order valence-corrected chi connectivity index (χ3v) is 3.40. The summed E-state index contributed by atoms with van der Waals surface area (Å²) in [6.45, 7) is 6.33. The van der Waals surface area contributed by atoms with Gasteiger partial charge in [0.2, 0.25) is 0 Å². The van der Waals surface area contributed by atoms with Crippen LogP contribution in [-0.4, -0.2) is 50.3 Å². The summed E-state index contributed by atoms with van der Waals surface area (Å²) in [5.74, 6) is -0.262. The zero-order chi connectivity index (χ0) is 14.4. The molecule has 0 aliphatic carbocycles. The maximum Gasteiger partial charge on any atom is 0.327 e. The van der Waals surface area contributed by atoms with Crippen molar-refractivity contribution in [3.8, 4) is 0 Å². The lowest BCUT2D eigenvalue weighted by Crippen LogP contribution is -2.35. The first-order valence-electron chi connectivity index (χ1n) is 6.92. The van der Waals surface area contributed by atoms with Crippen molar-refractivity contribution in [3.63, 3.8) is 0 Å². The number of rotatable bonds is 5. The van der Waals surface area contributed by atoms with E-state index in [1.807, 2.05) is 12.1 Å². The number of hydrogen-bond donors (Lipinski definition) is 1. The molecular formula is C15H22N2O3. The minimum absolute atomic E-state index is 0.262. The van der Waals surface area contributed by atoms with E-state index in [9.17, 15) is 4.79 Å². The van der Waals surface area contributed by atoms with Crippen molar-refractivity contribution < 1.29 is 14.3 Å². The molecule has 1 aliphatic heterocycles. The highest BCUT2D eigenvalue weighted by Gasteiger charge is 2.13. The molecule has 1 atom stereocenters. The van der Waals surface area contributed by atoms with Crippen molar-refractivity contribution in [1.82, 2.24) is 4.90 Å². The molecule has 1 saturated heterocycles. The van der Waals surface area contributed by atoms with Crippen LogP contribution in [0.5, 0.6) is 0 Å². The molecule has 1 N–H and O–H groups in total. The van der Waals surface area contributed by atoms with Crippen molar-refractivity contribution in [3.05, 3.63) is 29.8 Å². The van der Waals surface area contributed by atoms with Crippen molar-refractivity contribution in [2.75, 3.05) is 38.7 Å². The second kappa shape index (κ2) is 7.26. The average Bonchev–Trinajstić information content (AvgIpc) is 2.49. The summed E-state index contributed by atoms with van der Waals surface area (Å²) >= 11 is 0. The summed E-state index contributed by atoms with van der Waals surface area (Å²) in [6.07, 6.45) is 0. The van der Waals surface area contributed by atoms with Crippen LogP contribution < -0.4 is 5.32 Å². The van der Waals surface area contributed by atoms with Crippen LogP contribution in [0.2, 0.25) is 0 Å². The van der Waals surface area contributed by atoms with Gasteiger partial charge in [-0.05, 0) is 24.6 Å². The Morgan fingerprint density at radius 2 is 2.00 bits per heavy atom. The minimum atomic E-state index is -0.343. The molecule has 0 amide bonds. The minimum Gasteiger partial charge on any atom is -0.467 e. The van der Waals surface area contributed by atoms with E-state index in [0.717, 1.165) is 38.5 Å². The summed E-state index contributed by atoms with van der Waals surface area (Å²) in [5.41, 5.74) is 2.19. The molecule has 1 aliphatic rings. The maximum atomic E-state index is 11.3. The molecule has 110 valence electrons. The number of hydrogen-bond acceptors (Lipinski definition) is 5. The van der Waals surface area contributed by atoms with E-state index in [1.54, 1.807) is 6.92 Å². The smallest absolute Gasteiger partial charge is 0.327 e. The standard InChI is InChI=1S/C15H22N2O3/c1-12(15(18)19-2)16-14-5-3-13(4-6-14)11-17-7-9-20-10-8-17/h3-6,12,16H,7-11H2,1-2H3. The van der Waals surface area contributed by atoms with Crippen LogP contribution in [0.4, 0.5) is 5.69 Å². The molecule has 20 heavy (non-hydrogen) atoms. The molecule has 1 unspecified atom stereocenters. The topological polar surface area (TPSA) is 50.8 Å². The molecule has 5 heteroatoms. The van der Waals surface area contributed by atoms with Gasteiger partial charge < -0.3 is 14.8 Å². The third kappa shape index (κ3) is 4.21. The van der Waals surface area contributed by atoms with E-state index in [0.29, 0.717) is 0 Å². The largest absolute Gasteiger partial charge is 0.467 e. The first kappa shape index (κ1) is 14.8. The first-order chi connectivity index (χ1) is 9.69. The number of carbonyl (C=O) groups is 1. The Morgan fingerprint density at radius 1 is 1.35 bits per heavy atom. The van der Waals surface area contributed by atoms with Gasteiger partial charge in [-0.25, -0.2) is 4.79 Å². The number of methoxy groups -OCH3 is 1. The van der Waals surface area contributed by atoms with E-state index in [-0.39, 0.29) is 12.0 Å². The molecule has 0 aromatic heterocycles. The maximum absolute atomic E-state index is 11.3. The van der Waals surface area contributed by atoms with Crippen molar-refractivity contribution in [2.45, 2.75) is 19.5 Å². The fourth-order valence-electron chi connectivity index (χ4n) is 2.21. The van der Waals surface area contributed by atoms with Crippen molar-refractivity contribution >= 4 is 11.7 Å². The van der Waals surface area contributed by atoms with Crippen LogP contribution in [0.3, 0.4) is 0 Å². The predicted octanol–water partition coefficient (Wildman–Crippen LogP) is 1.49. The van der Waals surface area contributed by atoms with Gasteiger partial charge in [0, 0.05) is 25.3 Å². The second-order valence-electron chi connectivity index (χ2n) is 4.97. The summed E-state index contributed by atoms with van der Waals surface area (Å²) in [7, 11) is 1.39. The van der Waals surface area contributed by atoms with E-state index in [1.165, 1.54) is 12.7 Å². The Hall–Kier alpha value is -1.59. The van der Waals surface area contributed by atoms with Gasteiger partial charge in [-0.1, -0.05) is 12.1 Å². The Bertz CT molecular complexity index is 427. The normalized spacial score (nSPS) is 17.5. The van der Waals surface area contributed by atoms with E-state index in [2.05, 4.69) is 27.1 Å². The number of ether oxygens (including phenoxy) is 2. The molecule has 0 spiro atoms. The molecule has 0 bridgehead atoms. The summed E-state index contributed by atoms with van der Waals surface area (Å²) in [6, 6.07) is 7.82. The molecule has 5 nitrogen and oxygen atoms in total. The molecule has 1 aromatic carbocycles. The zero-order valence-corrected chi connectivity index (χ0v) is 12.1. The quantitative estimate of drug-likeness (QED) is 0.827. The van der Waals surface area contributed by atoms with Gasteiger partial charge >= 0.3 is 5.97 Å². The molecular weight excluding hydrogens is 256 g/mol. The first-order valence-corrected chi connectivity index (χ1v) is 6.92. The van der Waals surface area contributed by atoms with Crippen LogP contribution in [0.1, 0.15) is 12.5 Å². The Kier molecular flexibility index (Phi) is 5.38. The van der Waals surface area contributed by atoms with E-state index < -0.39 is 0 Å². The number of esters is 1. The number of nitrogens with zero attached hydrogens (tertiary/aromatic N) is 1. The van der Waals surface area contributed by atoms with Gasteiger partial charge in [0.25, 0.3) is 0 Å². The van der Waals surface area contributed by atoms with Crippen LogP contribution in [-0.2, 0) is 20.8 Å². The lowest BCUT2D eigenvalue weighted by molar-refractivity contribution is -0.141. The predicted molar refractivity (Wildman–Crippen MR) is 77.6 cm³/mol. The van der Waals surface area contributed by atoms with Crippen LogP contribution in [0, 0.1) is 0 Å². The third-order valence-electron chi connectivity index (χ3n) is 3.40. The monoisotopic (exact) mass is 278 g/mol. The van der Waals surface area contributed by atoms with E-state index in [4.69, 9.17) is 4.74 Å². The molecule has 1 aromatic rings. The Morgan fingerprint density at radius 3 is 2.60 bits per heavy atom.